The largest absolute Gasteiger partial charge is 0.378 e. The Morgan fingerprint density at radius 2 is 2.00 bits per heavy atom. The summed E-state index contributed by atoms with van der Waals surface area (Å²) < 4.78 is 24.0. The first kappa shape index (κ1) is 24.5. The number of methoxy groups -OCH3 is 2. The van der Waals surface area contributed by atoms with E-state index in [9.17, 15) is 9.18 Å². The van der Waals surface area contributed by atoms with E-state index >= 15 is 0 Å². The van der Waals surface area contributed by atoms with Crippen molar-refractivity contribution in [3.8, 4) is 0 Å². The highest BCUT2D eigenvalue weighted by Gasteiger charge is 2.29. The molecule has 2 aliphatic rings. The molecule has 2 fully saturated rings. The quantitative estimate of drug-likeness (QED) is 0.435. The van der Waals surface area contributed by atoms with Gasteiger partial charge in [0, 0.05) is 52.1 Å². The topological polar surface area (TPSA) is 106 Å². The fourth-order valence-electron chi connectivity index (χ4n) is 4.50. The first-order valence-corrected chi connectivity index (χ1v) is 12.6. The van der Waals surface area contributed by atoms with Crippen LogP contribution in [0.4, 0.5) is 21.0 Å². The maximum atomic E-state index is 13.1. The van der Waals surface area contributed by atoms with Gasteiger partial charge >= 0.3 is 0 Å². The molecule has 1 aromatic carbocycles. The van der Waals surface area contributed by atoms with Crippen LogP contribution in [0.5, 0.6) is 0 Å². The summed E-state index contributed by atoms with van der Waals surface area (Å²) in [6, 6.07) is 11.0. The molecule has 2 aromatic heterocycles. The second kappa shape index (κ2) is 10.8. The standard InChI is InChI=1S/C24H28FN7O3S/c1-34-18-13-32(14-18)17-5-3-4-15(10-17)23(35-2)19(33)11-22-29-30-24(36-22)26-16-8-9-31(12-16)21-7-6-20(25)27-28-21/h3-7,10,16,18,23H,8-9,11-14H2,1-2H3,(H,26,30)/t16-,23-/m1/s1. The van der Waals surface area contributed by atoms with Gasteiger partial charge in [0.05, 0.1) is 12.5 Å². The summed E-state index contributed by atoms with van der Waals surface area (Å²) in [6.45, 7) is 3.14. The van der Waals surface area contributed by atoms with E-state index in [0.29, 0.717) is 22.5 Å². The van der Waals surface area contributed by atoms with Gasteiger partial charge in [-0.1, -0.05) is 23.5 Å². The molecule has 0 bridgehead atoms. The molecule has 2 atom stereocenters. The number of nitrogens with zero attached hydrogens (tertiary/aromatic N) is 6. The number of ketones is 1. The normalized spacial score (nSPS) is 18.8. The van der Waals surface area contributed by atoms with Crippen LogP contribution in [0.2, 0.25) is 0 Å². The van der Waals surface area contributed by atoms with Gasteiger partial charge in [-0.25, -0.2) is 0 Å². The first-order valence-electron chi connectivity index (χ1n) is 11.8. The lowest BCUT2D eigenvalue weighted by Gasteiger charge is -2.40. The molecule has 0 saturated carbocycles. The van der Waals surface area contributed by atoms with Gasteiger partial charge in [-0.05, 0) is 36.2 Å². The average molecular weight is 514 g/mol. The van der Waals surface area contributed by atoms with Crippen LogP contribution in [0.3, 0.4) is 0 Å². The minimum absolute atomic E-state index is 0.0716. The van der Waals surface area contributed by atoms with Crippen LogP contribution in [-0.2, 0) is 20.7 Å². The number of hydrogen-bond acceptors (Lipinski definition) is 11. The minimum atomic E-state index is -0.676. The Kier molecular flexibility index (Phi) is 7.35. The highest BCUT2D eigenvalue weighted by molar-refractivity contribution is 7.15. The molecule has 0 unspecified atom stereocenters. The Morgan fingerprint density at radius 3 is 2.75 bits per heavy atom. The Bertz CT molecular complexity index is 1190. The van der Waals surface area contributed by atoms with Crippen molar-refractivity contribution in [2.24, 2.45) is 0 Å². The lowest BCUT2D eigenvalue weighted by atomic mass is 10.0. The monoisotopic (exact) mass is 513 g/mol. The zero-order valence-electron chi connectivity index (χ0n) is 20.1. The third kappa shape index (κ3) is 5.45. The SMILES string of the molecule is COC1CN(c2cccc([C@@H](OC)C(=O)Cc3nnc(N[C@@H]4CCN(c5ccc(F)nn5)C4)s3)c2)C1. The van der Waals surface area contributed by atoms with Gasteiger partial charge < -0.3 is 24.6 Å². The molecular weight excluding hydrogens is 485 g/mol. The predicted octanol–water partition coefficient (Wildman–Crippen LogP) is 2.49. The molecule has 5 rings (SSSR count). The highest BCUT2D eigenvalue weighted by Crippen LogP contribution is 2.29. The predicted molar refractivity (Wildman–Crippen MR) is 134 cm³/mol. The van der Waals surface area contributed by atoms with Crippen LogP contribution in [0, 0.1) is 5.95 Å². The molecule has 36 heavy (non-hydrogen) atoms. The summed E-state index contributed by atoms with van der Waals surface area (Å²) in [7, 11) is 3.27. The third-order valence-corrected chi connectivity index (χ3v) is 7.35. The van der Waals surface area contributed by atoms with Gasteiger partial charge in [0.2, 0.25) is 11.1 Å². The third-order valence-electron chi connectivity index (χ3n) is 6.50. The summed E-state index contributed by atoms with van der Waals surface area (Å²) >= 11 is 1.37. The van der Waals surface area contributed by atoms with Crippen molar-refractivity contribution in [2.75, 3.05) is 55.5 Å². The van der Waals surface area contributed by atoms with E-state index in [2.05, 4.69) is 30.6 Å². The molecule has 0 aliphatic carbocycles. The van der Waals surface area contributed by atoms with E-state index in [1.807, 2.05) is 29.2 Å². The van der Waals surface area contributed by atoms with Crippen molar-refractivity contribution in [3.05, 3.63) is 52.9 Å². The van der Waals surface area contributed by atoms with Crippen molar-refractivity contribution >= 4 is 33.8 Å². The lowest BCUT2D eigenvalue weighted by molar-refractivity contribution is -0.128. The van der Waals surface area contributed by atoms with Gasteiger partial charge in [0.1, 0.15) is 11.1 Å². The van der Waals surface area contributed by atoms with Gasteiger partial charge in [0.25, 0.3) is 0 Å². The zero-order valence-corrected chi connectivity index (χ0v) is 20.9. The molecule has 0 spiro atoms. The maximum absolute atomic E-state index is 13.1. The minimum Gasteiger partial charge on any atom is -0.378 e. The number of carbonyl (C=O) groups is 1. The second-order valence-corrected chi connectivity index (χ2v) is 9.97. The summed E-state index contributed by atoms with van der Waals surface area (Å²) in [5.41, 5.74) is 1.87. The number of carbonyl (C=O) groups excluding carboxylic acids is 1. The zero-order chi connectivity index (χ0) is 25.1. The van der Waals surface area contributed by atoms with E-state index in [-0.39, 0.29) is 24.3 Å². The Morgan fingerprint density at radius 1 is 1.14 bits per heavy atom. The summed E-state index contributed by atoms with van der Waals surface area (Å²) in [5, 5.41) is 20.5. The first-order chi connectivity index (χ1) is 17.5. The fourth-order valence-corrected chi connectivity index (χ4v) is 5.33. The molecule has 12 heteroatoms. The molecule has 0 amide bonds. The number of nitrogens with one attached hydrogen (secondary N) is 1. The number of anilines is 3. The number of halogens is 1. The van der Waals surface area contributed by atoms with Crippen LogP contribution in [-0.4, -0.2) is 78.7 Å². The molecule has 1 N–H and O–H groups in total. The van der Waals surface area contributed by atoms with Gasteiger partial charge in [-0.2, -0.15) is 4.39 Å². The Balaban J connectivity index is 1.17. The highest BCUT2D eigenvalue weighted by atomic mass is 32.1. The molecule has 2 saturated heterocycles. The number of hydrogen-bond donors (Lipinski definition) is 1. The summed E-state index contributed by atoms with van der Waals surface area (Å²) in [6.07, 6.45) is 0.582. The maximum Gasteiger partial charge on any atom is 0.233 e. The van der Waals surface area contributed by atoms with E-state index in [0.717, 1.165) is 37.3 Å². The molecule has 4 heterocycles. The summed E-state index contributed by atoms with van der Waals surface area (Å²) in [5.74, 6) is -0.0208. The van der Waals surface area contributed by atoms with E-state index in [1.54, 1.807) is 20.3 Å². The van der Waals surface area contributed by atoms with Gasteiger partial charge in [-0.3, -0.25) is 4.79 Å². The van der Waals surface area contributed by atoms with Crippen molar-refractivity contribution in [3.63, 3.8) is 0 Å². The molecule has 2 aliphatic heterocycles. The second-order valence-electron chi connectivity index (χ2n) is 8.91. The summed E-state index contributed by atoms with van der Waals surface area (Å²) in [4.78, 5) is 17.4. The van der Waals surface area contributed by atoms with Crippen LogP contribution >= 0.6 is 11.3 Å². The molecule has 190 valence electrons. The molecule has 3 aromatic rings. The van der Waals surface area contributed by atoms with Crippen molar-refractivity contribution in [1.82, 2.24) is 20.4 Å². The van der Waals surface area contributed by atoms with Crippen molar-refractivity contribution < 1.29 is 18.7 Å². The Hall–Kier alpha value is -3.22. The number of Topliss-reactive ketones (excluding diaryl/α,β-unsaturated/α-hetero) is 1. The van der Waals surface area contributed by atoms with Gasteiger partial charge in [-0.15, -0.1) is 20.4 Å². The Labute approximate surface area is 212 Å². The molecular formula is C24H28FN7O3S. The number of ether oxygens (including phenoxy) is 2. The average Bonchev–Trinajstić information content (AvgIpc) is 3.49. The van der Waals surface area contributed by atoms with Gasteiger partial charge in [0.15, 0.2) is 11.6 Å². The van der Waals surface area contributed by atoms with Crippen LogP contribution in [0.25, 0.3) is 0 Å². The van der Waals surface area contributed by atoms with Crippen LogP contribution < -0.4 is 15.1 Å². The van der Waals surface area contributed by atoms with Crippen molar-refractivity contribution in [2.45, 2.75) is 31.1 Å². The number of rotatable bonds is 10. The van der Waals surface area contributed by atoms with E-state index < -0.39 is 12.1 Å². The van der Waals surface area contributed by atoms with E-state index in [1.165, 1.54) is 17.4 Å². The van der Waals surface area contributed by atoms with Crippen LogP contribution in [0.15, 0.2) is 36.4 Å². The fraction of sp³-hybridized carbons (Fsp3) is 0.458. The number of benzene rings is 1. The smallest absolute Gasteiger partial charge is 0.233 e. The number of aromatic nitrogens is 4. The van der Waals surface area contributed by atoms with Crippen LogP contribution in [0.1, 0.15) is 23.1 Å². The molecule has 0 radical (unpaired) electrons. The van der Waals surface area contributed by atoms with Crippen molar-refractivity contribution in [1.29, 1.82) is 0 Å². The molecule has 10 nitrogen and oxygen atoms in total. The lowest BCUT2D eigenvalue weighted by Crippen LogP contribution is -2.51. The van der Waals surface area contributed by atoms with E-state index in [4.69, 9.17) is 9.47 Å².